The van der Waals surface area contributed by atoms with Crippen LogP contribution < -0.4 is 11.2 Å². The normalized spacial score (nSPS) is 17.6. The molecule has 0 spiro atoms. The second-order valence-corrected chi connectivity index (χ2v) is 6.75. The number of likely N-dealkylation sites (N-methyl/N-ethyl adjacent to an activating group) is 1. The molecule has 0 saturated carbocycles. The molecule has 0 bridgehead atoms. The molecular weight excluding hydrogens is 344 g/mol. The van der Waals surface area contributed by atoms with Gasteiger partial charge in [0.1, 0.15) is 15.9 Å². The van der Waals surface area contributed by atoms with Gasteiger partial charge in [-0.1, -0.05) is 23.5 Å². The van der Waals surface area contributed by atoms with Crippen LogP contribution in [0, 0.1) is 6.92 Å². The van der Waals surface area contributed by atoms with Crippen LogP contribution >= 0.6 is 11.3 Å². The topological polar surface area (TPSA) is 106 Å². The van der Waals surface area contributed by atoms with Gasteiger partial charge in [-0.05, 0) is 6.92 Å². The summed E-state index contributed by atoms with van der Waals surface area (Å²) in [6, 6.07) is -0.940. The number of rotatable bonds is 2. The highest BCUT2D eigenvalue weighted by atomic mass is 32.1. The Balaban J connectivity index is 1.99. The summed E-state index contributed by atoms with van der Waals surface area (Å²) < 4.78 is 0.969. The molecule has 25 heavy (non-hydrogen) atoms. The molecule has 128 valence electrons. The van der Waals surface area contributed by atoms with Gasteiger partial charge in [0.05, 0.1) is 17.8 Å². The second-order valence-electron chi connectivity index (χ2n) is 5.75. The Morgan fingerprint density at radius 1 is 1.24 bits per heavy atom. The van der Waals surface area contributed by atoms with E-state index in [1.165, 1.54) is 33.4 Å². The minimum atomic E-state index is -0.940. The summed E-state index contributed by atoms with van der Waals surface area (Å²) in [6.45, 7) is 2.23. The van der Waals surface area contributed by atoms with Crippen LogP contribution in [-0.2, 0) is 4.79 Å². The van der Waals surface area contributed by atoms with Crippen molar-refractivity contribution in [3.8, 4) is 5.00 Å². The average Bonchev–Trinajstić information content (AvgIpc) is 3.19. The molecule has 0 fully saturated rings. The number of nitrogens with zero attached hydrogens (tertiary/aromatic N) is 5. The van der Waals surface area contributed by atoms with Crippen LogP contribution in [0.15, 0.2) is 34.1 Å². The number of thiophene rings is 1. The Kier molecular flexibility index (Phi) is 3.42. The van der Waals surface area contributed by atoms with Gasteiger partial charge >= 0.3 is 5.69 Å². The first-order chi connectivity index (χ1) is 12.0. The van der Waals surface area contributed by atoms with Crippen molar-refractivity contribution in [3.63, 3.8) is 0 Å². The fourth-order valence-electron chi connectivity index (χ4n) is 2.92. The molecule has 0 saturated heterocycles. The van der Waals surface area contributed by atoms with Crippen molar-refractivity contribution in [2.24, 2.45) is 0 Å². The maximum absolute atomic E-state index is 13.0. The van der Waals surface area contributed by atoms with Gasteiger partial charge in [-0.2, -0.15) is 10.2 Å². The molecule has 1 aliphatic rings. The maximum atomic E-state index is 13.0. The number of fused-ring (bicyclic) bond motifs is 1. The second kappa shape index (κ2) is 5.52. The van der Waals surface area contributed by atoms with Gasteiger partial charge in [0.15, 0.2) is 0 Å². The van der Waals surface area contributed by atoms with E-state index in [0.29, 0.717) is 27.3 Å². The molecule has 0 unspecified atom stereocenters. The smallest absolute Gasteiger partial charge is 0.330 e. The molecule has 3 aromatic heterocycles. The van der Waals surface area contributed by atoms with Gasteiger partial charge in [-0.25, -0.2) is 9.36 Å². The summed E-state index contributed by atoms with van der Waals surface area (Å²) in [5, 5.41) is 9.16. The van der Waals surface area contributed by atoms with Gasteiger partial charge < -0.3 is 4.90 Å². The highest BCUT2D eigenvalue weighted by molar-refractivity contribution is 7.21. The number of hydrogen-bond donors (Lipinski definition) is 1. The SMILES string of the molecule is Cc1c(-n2nccn2)sc2[nH]c(=O)n([C@@H]3C=CCN(C)C3=O)c(=O)c12. The van der Waals surface area contributed by atoms with Gasteiger partial charge in [0.2, 0.25) is 5.91 Å². The van der Waals surface area contributed by atoms with Crippen LogP contribution in [0.3, 0.4) is 0 Å². The Morgan fingerprint density at radius 3 is 2.68 bits per heavy atom. The Labute approximate surface area is 144 Å². The average molecular weight is 358 g/mol. The summed E-state index contributed by atoms with van der Waals surface area (Å²) >= 11 is 1.22. The van der Waals surface area contributed by atoms with Gasteiger partial charge in [0.25, 0.3) is 5.56 Å². The third-order valence-electron chi connectivity index (χ3n) is 4.20. The third kappa shape index (κ3) is 2.25. The molecule has 4 rings (SSSR count). The van der Waals surface area contributed by atoms with Crippen molar-refractivity contribution in [3.05, 3.63) is 50.9 Å². The standard InChI is InChI=1S/C15H14N6O3S/c1-8-10-11(25-14(8)21-16-5-6-17-21)18-15(24)20(13(10)23)9-4-3-7-19(2)12(9)22/h3-6,9H,7H2,1-2H3,(H,18,24)/t9-/m1/s1. The lowest BCUT2D eigenvalue weighted by molar-refractivity contribution is -0.132. The third-order valence-corrected chi connectivity index (χ3v) is 5.37. The molecule has 10 heteroatoms. The van der Waals surface area contributed by atoms with E-state index in [-0.39, 0.29) is 5.91 Å². The number of aromatic amines is 1. The summed E-state index contributed by atoms with van der Waals surface area (Å²) in [5.74, 6) is -0.295. The zero-order valence-electron chi connectivity index (χ0n) is 13.5. The molecule has 9 nitrogen and oxygen atoms in total. The number of aromatic nitrogens is 5. The van der Waals surface area contributed by atoms with Crippen molar-refractivity contribution in [1.82, 2.24) is 29.4 Å². The summed E-state index contributed by atoms with van der Waals surface area (Å²) in [7, 11) is 1.63. The number of carbonyl (C=O) groups is 1. The van der Waals surface area contributed by atoms with Gasteiger partial charge in [0, 0.05) is 19.2 Å². The first-order valence-electron chi connectivity index (χ1n) is 7.55. The van der Waals surface area contributed by atoms with Crippen LogP contribution in [0.25, 0.3) is 15.2 Å². The fourth-order valence-corrected chi connectivity index (χ4v) is 4.03. The highest BCUT2D eigenvalue weighted by Crippen LogP contribution is 2.29. The van der Waals surface area contributed by atoms with Crippen molar-refractivity contribution in [1.29, 1.82) is 0 Å². The predicted octanol–water partition coefficient (Wildman–Crippen LogP) is 0.210. The lowest BCUT2D eigenvalue weighted by Crippen LogP contribution is -2.45. The van der Waals surface area contributed by atoms with E-state index in [1.54, 1.807) is 26.1 Å². The minimum absolute atomic E-state index is 0.295. The molecule has 4 heterocycles. The first-order valence-corrected chi connectivity index (χ1v) is 8.37. The van der Waals surface area contributed by atoms with Crippen LogP contribution in [0.4, 0.5) is 0 Å². The molecule has 1 N–H and O–H groups in total. The monoisotopic (exact) mass is 358 g/mol. The summed E-state index contributed by atoms with van der Waals surface area (Å²) in [4.78, 5) is 43.9. The molecule has 0 aromatic carbocycles. The lowest BCUT2D eigenvalue weighted by Gasteiger charge is -2.25. The molecule has 3 aromatic rings. The zero-order valence-corrected chi connectivity index (χ0v) is 14.3. The van der Waals surface area contributed by atoms with E-state index in [2.05, 4.69) is 15.2 Å². The van der Waals surface area contributed by atoms with Crippen molar-refractivity contribution in [2.75, 3.05) is 13.6 Å². The van der Waals surface area contributed by atoms with Crippen LogP contribution in [-0.4, -0.2) is 48.9 Å². The molecule has 1 aliphatic heterocycles. The van der Waals surface area contributed by atoms with Crippen molar-refractivity contribution in [2.45, 2.75) is 13.0 Å². The largest absolute Gasteiger partial charge is 0.340 e. The van der Waals surface area contributed by atoms with Gasteiger partial charge in [-0.15, -0.1) is 4.80 Å². The molecule has 0 radical (unpaired) electrons. The van der Waals surface area contributed by atoms with E-state index >= 15 is 0 Å². The van der Waals surface area contributed by atoms with E-state index in [4.69, 9.17) is 0 Å². The molecular formula is C15H14N6O3S. The van der Waals surface area contributed by atoms with Crippen LogP contribution in [0.2, 0.25) is 0 Å². The predicted molar refractivity (Wildman–Crippen MR) is 92.2 cm³/mol. The number of H-pyrrole nitrogens is 1. The number of amides is 1. The van der Waals surface area contributed by atoms with E-state index in [0.717, 1.165) is 4.57 Å². The zero-order chi connectivity index (χ0) is 17.7. The number of hydrogen-bond acceptors (Lipinski definition) is 6. The van der Waals surface area contributed by atoms with Crippen LogP contribution in [0.1, 0.15) is 11.6 Å². The van der Waals surface area contributed by atoms with Crippen LogP contribution in [0.5, 0.6) is 0 Å². The summed E-state index contributed by atoms with van der Waals surface area (Å²) in [6.07, 6.45) is 6.42. The van der Waals surface area contributed by atoms with E-state index in [9.17, 15) is 14.4 Å². The van der Waals surface area contributed by atoms with Crippen molar-refractivity contribution >= 4 is 27.5 Å². The molecule has 1 amide bonds. The Morgan fingerprint density at radius 2 is 1.96 bits per heavy atom. The fraction of sp³-hybridized carbons (Fsp3) is 0.267. The van der Waals surface area contributed by atoms with E-state index < -0.39 is 17.3 Å². The number of carbonyl (C=O) groups excluding carboxylic acids is 1. The maximum Gasteiger partial charge on any atom is 0.330 e. The van der Waals surface area contributed by atoms with Gasteiger partial charge in [-0.3, -0.25) is 14.6 Å². The summed E-state index contributed by atoms with van der Waals surface area (Å²) in [5.41, 5.74) is -0.451. The Hall–Kier alpha value is -3.01. The van der Waals surface area contributed by atoms with E-state index in [1.807, 2.05) is 0 Å². The lowest BCUT2D eigenvalue weighted by atomic mass is 10.1. The molecule has 0 aliphatic carbocycles. The highest BCUT2D eigenvalue weighted by Gasteiger charge is 2.28. The number of aryl methyl sites for hydroxylation is 1. The van der Waals surface area contributed by atoms with Crippen molar-refractivity contribution < 1.29 is 4.79 Å². The molecule has 1 atom stereocenters. The quantitative estimate of drug-likeness (QED) is 0.659. The number of nitrogens with one attached hydrogen (secondary N) is 1. The first kappa shape index (κ1) is 15.5. The minimum Gasteiger partial charge on any atom is -0.340 e. The Bertz CT molecular complexity index is 1120.